The van der Waals surface area contributed by atoms with Crippen LogP contribution in [0.15, 0.2) is 24.3 Å². The minimum atomic E-state index is -0.893. The summed E-state index contributed by atoms with van der Waals surface area (Å²) in [5.74, 6) is -1.51. The van der Waals surface area contributed by atoms with Gasteiger partial charge < -0.3 is 15.3 Å². The number of benzene rings is 1. The molecule has 3 rings (SSSR count). The molecule has 2 N–H and O–H groups in total. The molecular weight excluding hydrogens is 332 g/mol. The predicted octanol–water partition coefficient (Wildman–Crippen LogP) is 2.25. The van der Waals surface area contributed by atoms with Crippen molar-refractivity contribution in [2.24, 2.45) is 5.92 Å². The fourth-order valence-corrected chi connectivity index (χ4v) is 4.07. The average Bonchev–Trinajstić information content (AvgIpc) is 3.16. The average molecular weight is 358 g/mol. The van der Waals surface area contributed by atoms with Crippen LogP contribution in [0.25, 0.3) is 0 Å². The van der Waals surface area contributed by atoms with Gasteiger partial charge in [-0.3, -0.25) is 14.4 Å². The summed E-state index contributed by atoms with van der Waals surface area (Å²) in [5.41, 5.74) is 1.57. The number of aryl methyl sites for hydroxylation is 1. The van der Waals surface area contributed by atoms with Gasteiger partial charge in [0.2, 0.25) is 11.8 Å². The molecule has 1 heterocycles. The van der Waals surface area contributed by atoms with E-state index in [1.54, 1.807) is 4.90 Å². The fraction of sp³-hybridized carbons (Fsp3) is 0.550. The van der Waals surface area contributed by atoms with Crippen molar-refractivity contribution in [2.75, 3.05) is 6.54 Å². The van der Waals surface area contributed by atoms with E-state index in [0.717, 1.165) is 18.4 Å². The predicted molar refractivity (Wildman–Crippen MR) is 96.3 cm³/mol. The summed E-state index contributed by atoms with van der Waals surface area (Å²) in [6, 6.07) is 8.01. The van der Waals surface area contributed by atoms with Gasteiger partial charge in [0, 0.05) is 19.5 Å². The summed E-state index contributed by atoms with van der Waals surface area (Å²) in [7, 11) is 0. The highest BCUT2D eigenvalue weighted by atomic mass is 16.4. The number of nitrogens with zero attached hydrogens (tertiary/aromatic N) is 1. The Morgan fingerprint density at radius 3 is 2.50 bits per heavy atom. The third-order valence-electron chi connectivity index (χ3n) is 5.52. The van der Waals surface area contributed by atoms with E-state index in [4.69, 9.17) is 0 Å². The molecule has 2 aliphatic rings. The van der Waals surface area contributed by atoms with Gasteiger partial charge in [0.05, 0.1) is 17.9 Å². The first-order valence-corrected chi connectivity index (χ1v) is 9.24. The second-order valence-electron chi connectivity index (χ2n) is 7.71. The summed E-state index contributed by atoms with van der Waals surface area (Å²) < 4.78 is 0. The van der Waals surface area contributed by atoms with Crippen LogP contribution >= 0.6 is 0 Å². The minimum Gasteiger partial charge on any atom is -0.481 e. The van der Waals surface area contributed by atoms with Gasteiger partial charge in [-0.2, -0.15) is 0 Å². The lowest BCUT2D eigenvalue weighted by molar-refractivity contribution is -0.139. The van der Waals surface area contributed by atoms with Crippen molar-refractivity contribution in [3.05, 3.63) is 35.4 Å². The smallest absolute Gasteiger partial charge is 0.305 e. The quantitative estimate of drug-likeness (QED) is 0.816. The van der Waals surface area contributed by atoms with Gasteiger partial charge in [-0.15, -0.1) is 0 Å². The van der Waals surface area contributed by atoms with Gasteiger partial charge >= 0.3 is 5.97 Å². The van der Waals surface area contributed by atoms with Crippen molar-refractivity contribution in [1.82, 2.24) is 10.2 Å². The van der Waals surface area contributed by atoms with Crippen LogP contribution in [0.1, 0.15) is 49.7 Å². The molecule has 0 spiro atoms. The zero-order chi connectivity index (χ0) is 18.7. The highest BCUT2D eigenvalue weighted by Gasteiger charge is 2.41. The van der Waals surface area contributed by atoms with Gasteiger partial charge in [-0.05, 0) is 25.3 Å². The molecule has 1 atom stereocenters. The normalized spacial score (nSPS) is 21.8. The molecule has 0 aromatic heterocycles. The molecule has 1 saturated heterocycles. The van der Waals surface area contributed by atoms with E-state index < -0.39 is 17.4 Å². The van der Waals surface area contributed by atoms with Crippen LogP contribution in [-0.2, 0) is 20.9 Å². The fourth-order valence-electron chi connectivity index (χ4n) is 4.07. The molecule has 2 amide bonds. The number of carboxylic acid groups (broad SMARTS) is 1. The molecule has 0 bridgehead atoms. The number of carboxylic acids is 1. The highest BCUT2D eigenvalue weighted by molar-refractivity contribution is 5.89. The lowest BCUT2D eigenvalue weighted by Gasteiger charge is -2.30. The van der Waals surface area contributed by atoms with Gasteiger partial charge in [-0.25, -0.2) is 0 Å². The van der Waals surface area contributed by atoms with Crippen molar-refractivity contribution in [3.8, 4) is 0 Å². The maximum atomic E-state index is 12.7. The molecule has 0 radical (unpaired) electrons. The number of carbonyl (C=O) groups excluding carboxylic acids is 2. The number of hydrogen-bond donors (Lipinski definition) is 2. The van der Waals surface area contributed by atoms with Crippen molar-refractivity contribution in [1.29, 1.82) is 0 Å². The van der Waals surface area contributed by atoms with Crippen LogP contribution in [0.5, 0.6) is 0 Å². The topological polar surface area (TPSA) is 86.7 Å². The van der Waals surface area contributed by atoms with Crippen LogP contribution in [0.3, 0.4) is 0 Å². The molecule has 1 aromatic carbocycles. The maximum absolute atomic E-state index is 12.7. The standard InChI is InChI=1S/C20H26N2O4/c1-14-4-6-15(7-5-14)12-22-13-16(10-17(22)23)19(26)21-20(11-18(24)25)8-2-3-9-20/h4-7,16H,2-3,8-13H2,1H3,(H,21,26)(H,24,25). The van der Waals surface area contributed by atoms with E-state index in [2.05, 4.69) is 5.32 Å². The Morgan fingerprint density at radius 1 is 1.23 bits per heavy atom. The zero-order valence-electron chi connectivity index (χ0n) is 15.2. The molecule has 6 nitrogen and oxygen atoms in total. The van der Waals surface area contributed by atoms with E-state index in [-0.39, 0.29) is 24.7 Å². The highest BCUT2D eigenvalue weighted by Crippen LogP contribution is 2.33. The zero-order valence-corrected chi connectivity index (χ0v) is 15.2. The Morgan fingerprint density at radius 2 is 1.88 bits per heavy atom. The number of carbonyl (C=O) groups is 3. The monoisotopic (exact) mass is 358 g/mol. The molecule has 1 aromatic rings. The largest absolute Gasteiger partial charge is 0.481 e. The molecule has 1 saturated carbocycles. The molecule has 1 aliphatic heterocycles. The van der Waals surface area contributed by atoms with Crippen LogP contribution < -0.4 is 5.32 Å². The number of likely N-dealkylation sites (tertiary alicyclic amines) is 1. The molecule has 6 heteroatoms. The van der Waals surface area contributed by atoms with E-state index in [1.165, 1.54) is 5.56 Å². The van der Waals surface area contributed by atoms with Crippen molar-refractivity contribution in [2.45, 2.75) is 57.5 Å². The molecule has 1 unspecified atom stereocenters. The Hall–Kier alpha value is -2.37. The molecular formula is C20H26N2O4. The van der Waals surface area contributed by atoms with Crippen molar-refractivity contribution < 1.29 is 19.5 Å². The first kappa shape index (κ1) is 18.4. The third-order valence-corrected chi connectivity index (χ3v) is 5.52. The Kier molecular flexibility index (Phi) is 5.30. The lowest BCUT2D eigenvalue weighted by atomic mass is 9.92. The second kappa shape index (κ2) is 7.48. The van der Waals surface area contributed by atoms with Crippen LogP contribution in [0.4, 0.5) is 0 Å². The van der Waals surface area contributed by atoms with Crippen molar-refractivity contribution >= 4 is 17.8 Å². The molecule has 1 aliphatic carbocycles. The number of hydrogen-bond acceptors (Lipinski definition) is 3. The van der Waals surface area contributed by atoms with E-state index in [0.29, 0.717) is 25.9 Å². The third kappa shape index (κ3) is 4.23. The first-order chi connectivity index (χ1) is 12.4. The van der Waals surface area contributed by atoms with Gasteiger partial charge in [0.15, 0.2) is 0 Å². The maximum Gasteiger partial charge on any atom is 0.305 e. The molecule has 140 valence electrons. The van der Waals surface area contributed by atoms with Crippen LogP contribution in [0.2, 0.25) is 0 Å². The van der Waals surface area contributed by atoms with E-state index in [1.807, 2.05) is 31.2 Å². The van der Waals surface area contributed by atoms with E-state index >= 15 is 0 Å². The second-order valence-corrected chi connectivity index (χ2v) is 7.71. The summed E-state index contributed by atoms with van der Waals surface area (Å²) in [6.07, 6.45) is 3.39. The first-order valence-electron chi connectivity index (χ1n) is 9.24. The van der Waals surface area contributed by atoms with E-state index in [9.17, 15) is 19.5 Å². The SMILES string of the molecule is Cc1ccc(CN2CC(C(=O)NC3(CC(=O)O)CCCC3)CC2=O)cc1. The van der Waals surface area contributed by atoms with Crippen LogP contribution in [0, 0.1) is 12.8 Å². The Labute approximate surface area is 153 Å². The minimum absolute atomic E-state index is 0.0237. The van der Waals surface area contributed by atoms with Gasteiger partial charge in [-0.1, -0.05) is 42.7 Å². The summed E-state index contributed by atoms with van der Waals surface area (Å²) >= 11 is 0. The lowest BCUT2D eigenvalue weighted by Crippen LogP contribution is -2.50. The van der Waals surface area contributed by atoms with Gasteiger partial charge in [0.1, 0.15) is 0 Å². The molecule has 26 heavy (non-hydrogen) atoms. The molecule has 2 fully saturated rings. The number of amides is 2. The Balaban J connectivity index is 1.61. The van der Waals surface area contributed by atoms with Gasteiger partial charge in [0.25, 0.3) is 0 Å². The van der Waals surface area contributed by atoms with Crippen LogP contribution in [-0.4, -0.2) is 39.9 Å². The van der Waals surface area contributed by atoms with Crippen molar-refractivity contribution in [3.63, 3.8) is 0 Å². The Bertz CT molecular complexity index is 692. The summed E-state index contributed by atoms with van der Waals surface area (Å²) in [5, 5.41) is 12.2. The summed E-state index contributed by atoms with van der Waals surface area (Å²) in [4.78, 5) is 37.9. The number of aliphatic carboxylic acids is 1. The summed E-state index contributed by atoms with van der Waals surface area (Å²) in [6.45, 7) is 2.91. The number of nitrogens with one attached hydrogen (secondary N) is 1. The number of rotatable bonds is 6.